The first kappa shape index (κ1) is 18.5. The first-order chi connectivity index (χ1) is 9.44. The van der Waals surface area contributed by atoms with Crippen molar-refractivity contribution in [3.05, 3.63) is 33.8 Å². The largest absolute Gasteiger partial charge is 0.381 e. The van der Waals surface area contributed by atoms with Crippen molar-refractivity contribution >= 4 is 41.5 Å². The highest BCUT2D eigenvalue weighted by molar-refractivity contribution is 6.36. The molecule has 2 N–H and O–H groups in total. The van der Waals surface area contributed by atoms with E-state index in [1.165, 1.54) is 0 Å². The lowest BCUT2D eigenvalue weighted by atomic mass is 9.89. The molecule has 0 aromatic heterocycles. The van der Waals surface area contributed by atoms with Gasteiger partial charge in [0.25, 0.3) is 0 Å². The van der Waals surface area contributed by atoms with Crippen LogP contribution in [0.3, 0.4) is 0 Å². The predicted molar refractivity (Wildman–Crippen MR) is 87.2 cm³/mol. The van der Waals surface area contributed by atoms with E-state index in [0.717, 1.165) is 5.56 Å². The van der Waals surface area contributed by atoms with Crippen LogP contribution in [0.2, 0.25) is 10.0 Å². The fraction of sp³-hybridized carbons (Fsp3) is 0.500. The molecule has 1 amide bonds. The van der Waals surface area contributed by atoms with Crippen molar-refractivity contribution in [2.24, 2.45) is 5.73 Å². The van der Waals surface area contributed by atoms with Gasteiger partial charge >= 0.3 is 0 Å². The molecule has 0 bridgehead atoms. The summed E-state index contributed by atoms with van der Waals surface area (Å²) in [5.74, 6) is -0.100. The van der Waals surface area contributed by atoms with Gasteiger partial charge in [-0.05, 0) is 25.0 Å². The predicted octanol–water partition coefficient (Wildman–Crippen LogP) is 2.88. The van der Waals surface area contributed by atoms with Crippen molar-refractivity contribution in [2.75, 3.05) is 20.3 Å². The molecule has 1 saturated heterocycles. The summed E-state index contributed by atoms with van der Waals surface area (Å²) < 4.78 is 5.26. The molecule has 0 spiro atoms. The van der Waals surface area contributed by atoms with Gasteiger partial charge in [0, 0.05) is 42.4 Å². The molecule has 1 fully saturated rings. The van der Waals surface area contributed by atoms with Gasteiger partial charge in [-0.1, -0.05) is 29.3 Å². The monoisotopic (exact) mass is 352 g/mol. The molecule has 1 heterocycles. The number of carbonyl (C=O) groups excluding carboxylic acids is 1. The zero-order valence-corrected chi connectivity index (χ0v) is 14.1. The third-order valence-corrected chi connectivity index (χ3v) is 4.32. The van der Waals surface area contributed by atoms with E-state index in [4.69, 9.17) is 33.7 Å². The van der Waals surface area contributed by atoms with Crippen molar-refractivity contribution in [1.82, 2.24) is 4.90 Å². The second kappa shape index (κ2) is 7.65. The Morgan fingerprint density at radius 1 is 1.33 bits per heavy atom. The molecule has 1 aliphatic heterocycles. The number of amides is 1. The molecule has 0 atom stereocenters. The molecule has 1 aromatic carbocycles. The number of carbonyl (C=O) groups is 1. The molecule has 0 unspecified atom stereocenters. The van der Waals surface area contributed by atoms with Crippen LogP contribution in [0.5, 0.6) is 0 Å². The Morgan fingerprint density at radius 2 is 1.86 bits per heavy atom. The summed E-state index contributed by atoms with van der Waals surface area (Å²) in [6.07, 6.45) is 1.07. The van der Waals surface area contributed by atoms with Crippen LogP contribution in [-0.4, -0.2) is 36.6 Å². The Labute approximate surface area is 140 Å². The first-order valence-corrected chi connectivity index (χ1v) is 7.25. The average Bonchev–Trinajstić information content (AvgIpc) is 2.43. The highest BCUT2D eigenvalue weighted by Crippen LogP contribution is 2.27. The number of benzene rings is 1. The Kier molecular flexibility index (Phi) is 6.75. The summed E-state index contributed by atoms with van der Waals surface area (Å²) in [4.78, 5) is 14.1. The van der Waals surface area contributed by atoms with Crippen LogP contribution in [0.4, 0.5) is 0 Å². The van der Waals surface area contributed by atoms with Gasteiger partial charge in [-0.25, -0.2) is 0 Å². The molecule has 21 heavy (non-hydrogen) atoms. The molecular weight excluding hydrogens is 335 g/mol. The normalized spacial score (nSPS) is 17.0. The quantitative estimate of drug-likeness (QED) is 0.909. The van der Waals surface area contributed by atoms with Gasteiger partial charge in [-0.3, -0.25) is 4.79 Å². The smallest absolute Gasteiger partial charge is 0.242 e. The summed E-state index contributed by atoms with van der Waals surface area (Å²) in [5, 5.41) is 1.10. The lowest BCUT2D eigenvalue weighted by molar-refractivity contribution is -0.139. The van der Waals surface area contributed by atoms with Gasteiger partial charge in [0.05, 0.1) is 5.54 Å². The lowest BCUT2D eigenvalue weighted by Crippen LogP contribution is -2.57. The van der Waals surface area contributed by atoms with Crippen molar-refractivity contribution in [3.63, 3.8) is 0 Å². The van der Waals surface area contributed by atoms with Crippen LogP contribution in [0, 0.1) is 0 Å². The van der Waals surface area contributed by atoms with E-state index in [9.17, 15) is 4.79 Å². The molecule has 2 rings (SSSR count). The fourth-order valence-electron chi connectivity index (χ4n) is 2.32. The number of ether oxygens (including phenoxy) is 1. The van der Waals surface area contributed by atoms with E-state index in [1.54, 1.807) is 30.1 Å². The fourth-order valence-corrected chi connectivity index (χ4v) is 2.84. The van der Waals surface area contributed by atoms with Crippen molar-refractivity contribution in [2.45, 2.75) is 24.9 Å². The van der Waals surface area contributed by atoms with Crippen LogP contribution in [0.1, 0.15) is 18.4 Å². The van der Waals surface area contributed by atoms with Crippen molar-refractivity contribution < 1.29 is 9.53 Å². The van der Waals surface area contributed by atoms with Crippen LogP contribution in [0.15, 0.2) is 18.2 Å². The number of nitrogens with zero attached hydrogens (tertiary/aromatic N) is 1. The molecule has 0 radical (unpaired) electrons. The van der Waals surface area contributed by atoms with Gasteiger partial charge < -0.3 is 15.4 Å². The van der Waals surface area contributed by atoms with Gasteiger partial charge in [0.2, 0.25) is 5.91 Å². The van der Waals surface area contributed by atoms with Crippen molar-refractivity contribution in [1.29, 1.82) is 0 Å². The Morgan fingerprint density at radius 3 is 2.38 bits per heavy atom. The Balaban J connectivity index is 0.00000220. The molecule has 4 nitrogen and oxygen atoms in total. The van der Waals surface area contributed by atoms with E-state index in [1.807, 2.05) is 0 Å². The van der Waals surface area contributed by atoms with Crippen LogP contribution >= 0.6 is 35.6 Å². The average molecular weight is 354 g/mol. The van der Waals surface area contributed by atoms with Gasteiger partial charge in [0.15, 0.2) is 0 Å². The van der Waals surface area contributed by atoms with Gasteiger partial charge in [0.1, 0.15) is 0 Å². The van der Waals surface area contributed by atoms with Crippen LogP contribution < -0.4 is 5.73 Å². The summed E-state index contributed by atoms with van der Waals surface area (Å²) in [6, 6.07) is 5.29. The van der Waals surface area contributed by atoms with E-state index in [2.05, 4.69) is 0 Å². The molecule has 0 aliphatic carbocycles. The highest BCUT2D eigenvalue weighted by atomic mass is 35.5. The van der Waals surface area contributed by atoms with E-state index < -0.39 is 5.54 Å². The van der Waals surface area contributed by atoms with Gasteiger partial charge in [-0.2, -0.15) is 0 Å². The number of nitrogens with two attached hydrogens (primary N) is 1. The van der Waals surface area contributed by atoms with Gasteiger partial charge in [-0.15, -0.1) is 12.4 Å². The maximum absolute atomic E-state index is 12.5. The maximum Gasteiger partial charge on any atom is 0.242 e. The van der Waals surface area contributed by atoms with Crippen LogP contribution in [0.25, 0.3) is 0 Å². The minimum absolute atomic E-state index is 0. The zero-order chi connectivity index (χ0) is 14.8. The molecule has 7 heteroatoms. The minimum atomic E-state index is -0.846. The topological polar surface area (TPSA) is 55.6 Å². The Bertz CT molecular complexity index is 485. The minimum Gasteiger partial charge on any atom is -0.381 e. The molecule has 118 valence electrons. The van der Waals surface area contributed by atoms with E-state index in [0.29, 0.717) is 42.6 Å². The maximum atomic E-state index is 12.5. The lowest BCUT2D eigenvalue weighted by Gasteiger charge is -2.35. The Hall–Kier alpha value is -0.520. The molecule has 1 aromatic rings. The second-order valence-electron chi connectivity index (χ2n) is 5.13. The summed E-state index contributed by atoms with van der Waals surface area (Å²) >= 11 is 12.3. The zero-order valence-electron chi connectivity index (χ0n) is 11.8. The number of likely N-dealkylation sites (N-methyl/N-ethyl adjacent to an activating group) is 1. The molecular formula is C14H19Cl3N2O2. The van der Waals surface area contributed by atoms with E-state index in [-0.39, 0.29) is 18.3 Å². The molecule has 1 aliphatic rings. The SMILES string of the molecule is CN(Cc1c(Cl)cccc1Cl)C(=O)C1(N)CCOCC1.Cl. The summed E-state index contributed by atoms with van der Waals surface area (Å²) in [5.41, 5.74) is 6.09. The van der Waals surface area contributed by atoms with E-state index >= 15 is 0 Å². The third kappa shape index (κ3) is 4.24. The third-order valence-electron chi connectivity index (χ3n) is 3.61. The summed E-state index contributed by atoms with van der Waals surface area (Å²) in [6.45, 7) is 1.38. The first-order valence-electron chi connectivity index (χ1n) is 6.49. The second-order valence-corrected chi connectivity index (χ2v) is 5.94. The molecule has 0 saturated carbocycles. The number of halogens is 3. The highest BCUT2D eigenvalue weighted by Gasteiger charge is 2.38. The number of hydrogen-bond donors (Lipinski definition) is 1. The van der Waals surface area contributed by atoms with Crippen LogP contribution in [-0.2, 0) is 16.1 Å². The standard InChI is InChI=1S/C14H18Cl2N2O2.ClH/c1-18(9-10-11(15)3-2-4-12(10)16)13(19)14(17)5-7-20-8-6-14;/h2-4H,5-9,17H2,1H3;1H. The van der Waals surface area contributed by atoms with Crippen molar-refractivity contribution in [3.8, 4) is 0 Å². The number of hydrogen-bond acceptors (Lipinski definition) is 3. The number of rotatable bonds is 3. The summed E-state index contributed by atoms with van der Waals surface area (Å²) in [7, 11) is 1.71.